The lowest BCUT2D eigenvalue weighted by atomic mass is 10.1. The van der Waals surface area contributed by atoms with Crippen molar-refractivity contribution in [3.8, 4) is 0 Å². The van der Waals surface area contributed by atoms with Gasteiger partial charge in [-0.05, 0) is 50.3 Å². The molecule has 152 valence electrons. The van der Waals surface area contributed by atoms with E-state index in [1.54, 1.807) is 18.3 Å². The molecule has 1 aromatic carbocycles. The zero-order valence-electron chi connectivity index (χ0n) is 17.0. The van der Waals surface area contributed by atoms with Gasteiger partial charge in [0.2, 0.25) is 0 Å². The van der Waals surface area contributed by atoms with Crippen LogP contribution in [0.15, 0.2) is 53.9 Å². The van der Waals surface area contributed by atoms with Crippen LogP contribution in [0.1, 0.15) is 39.1 Å². The SMILES string of the molecule is Cc1cc(C(=O)O[C@H](C)C(=O)NCCc2ccccc2)c(C)n1Cc1cccs1. The highest BCUT2D eigenvalue weighted by atomic mass is 32.1. The third-order valence-electron chi connectivity index (χ3n) is 4.90. The first-order chi connectivity index (χ1) is 14.0. The number of aromatic nitrogens is 1. The molecule has 0 saturated heterocycles. The Labute approximate surface area is 175 Å². The number of esters is 1. The van der Waals surface area contributed by atoms with Crippen LogP contribution in [-0.2, 0) is 22.5 Å². The lowest BCUT2D eigenvalue weighted by molar-refractivity contribution is -0.129. The number of carbonyl (C=O) groups is 2. The number of benzene rings is 1. The first-order valence-corrected chi connectivity index (χ1v) is 10.6. The summed E-state index contributed by atoms with van der Waals surface area (Å²) in [6.07, 6.45) is -0.115. The molecule has 0 spiro atoms. The molecule has 5 nitrogen and oxygen atoms in total. The van der Waals surface area contributed by atoms with E-state index in [1.807, 2.05) is 61.7 Å². The molecule has 0 aliphatic carbocycles. The van der Waals surface area contributed by atoms with Crippen LogP contribution in [0.2, 0.25) is 0 Å². The number of hydrogen-bond acceptors (Lipinski definition) is 4. The highest BCUT2D eigenvalue weighted by molar-refractivity contribution is 7.09. The second-order valence-electron chi connectivity index (χ2n) is 7.02. The molecule has 0 bridgehead atoms. The quantitative estimate of drug-likeness (QED) is 0.568. The predicted octanol–water partition coefficient (Wildman–Crippen LogP) is 4.12. The van der Waals surface area contributed by atoms with Crippen LogP contribution in [-0.4, -0.2) is 29.1 Å². The van der Waals surface area contributed by atoms with Crippen molar-refractivity contribution in [1.29, 1.82) is 0 Å². The fraction of sp³-hybridized carbons (Fsp3) is 0.304. The summed E-state index contributed by atoms with van der Waals surface area (Å²) in [4.78, 5) is 26.1. The Morgan fingerprint density at radius 2 is 1.90 bits per heavy atom. The van der Waals surface area contributed by atoms with Crippen molar-refractivity contribution >= 4 is 23.2 Å². The molecule has 0 aliphatic heterocycles. The maximum absolute atomic E-state index is 12.6. The summed E-state index contributed by atoms with van der Waals surface area (Å²) in [6, 6.07) is 15.8. The van der Waals surface area contributed by atoms with Crippen molar-refractivity contribution < 1.29 is 14.3 Å². The molecular formula is C23H26N2O3S. The van der Waals surface area contributed by atoms with Crippen LogP contribution < -0.4 is 5.32 Å². The number of aryl methyl sites for hydroxylation is 1. The molecule has 1 amide bonds. The largest absolute Gasteiger partial charge is 0.449 e. The summed E-state index contributed by atoms with van der Waals surface area (Å²) in [6.45, 7) is 6.69. The van der Waals surface area contributed by atoms with Crippen molar-refractivity contribution in [2.45, 2.75) is 39.8 Å². The van der Waals surface area contributed by atoms with E-state index in [2.05, 4.69) is 16.0 Å². The Kier molecular flexibility index (Phi) is 6.88. The molecule has 3 rings (SSSR count). The molecule has 6 heteroatoms. The fourth-order valence-electron chi connectivity index (χ4n) is 3.21. The average molecular weight is 411 g/mol. The lowest BCUT2D eigenvalue weighted by Gasteiger charge is -2.14. The van der Waals surface area contributed by atoms with E-state index in [9.17, 15) is 9.59 Å². The number of hydrogen-bond donors (Lipinski definition) is 1. The average Bonchev–Trinajstić information content (AvgIpc) is 3.32. The van der Waals surface area contributed by atoms with Crippen molar-refractivity contribution in [2.24, 2.45) is 0 Å². The molecule has 0 radical (unpaired) electrons. The van der Waals surface area contributed by atoms with Crippen LogP contribution in [0.3, 0.4) is 0 Å². The van der Waals surface area contributed by atoms with Crippen molar-refractivity contribution in [1.82, 2.24) is 9.88 Å². The maximum Gasteiger partial charge on any atom is 0.340 e. The number of nitrogens with zero attached hydrogens (tertiary/aromatic N) is 1. The second-order valence-corrected chi connectivity index (χ2v) is 8.06. The molecule has 0 fully saturated rings. The minimum Gasteiger partial charge on any atom is -0.449 e. The molecule has 0 saturated carbocycles. The summed E-state index contributed by atoms with van der Waals surface area (Å²) >= 11 is 1.68. The molecule has 2 aromatic heterocycles. The van der Waals surface area contributed by atoms with Gasteiger partial charge in [0.25, 0.3) is 5.91 Å². The summed E-state index contributed by atoms with van der Waals surface area (Å²) in [5, 5.41) is 4.87. The molecule has 29 heavy (non-hydrogen) atoms. The van der Waals surface area contributed by atoms with Crippen LogP contribution >= 0.6 is 11.3 Å². The first-order valence-electron chi connectivity index (χ1n) is 9.67. The molecule has 1 N–H and O–H groups in total. The molecular weight excluding hydrogens is 384 g/mol. The van der Waals surface area contributed by atoms with Crippen LogP contribution in [0.4, 0.5) is 0 Å². The van der Waals surface area contributed by atoms with E-state index in [0.717, 1.165) is 29.9 Å². The summed E-state index contributed by atoms with van der Waals surface area (Å²) < 4.78 is 7.51. The Hall–Kier alpha value is -2.86. The Balaban J connectivity index is 1.55. The van der Waals surface area contributed by atoms with Crippen molar-refractivity contribution in [2.75, 3.05) is 6.54 Å². The van der Waals surface area contributed by atoms with Crippen LogP contribution in [0.5, 0.6) is 0 Å². The molecule has 3 aromatic rings. The van der Waals surface area contributed by atoms with E-state index in [-0.39, 0.29) is 5.91 Å². The zero-order valence-corrected chi connectivity index (χ0v) is 17.8. The lowest BCUT2D eigenvalue weighted by Crippen LogP contribution is -2.37. The van der Waals surface area contributed by atoms with Gasteiger partial charge in [-0.2, -0.15) is 0 Å². The highest BCUT2D eigenvalue weighted by Gasteiger charge is 2.22. The van der Waals surface area contributed by atoms with Crippen LogP contribution in [0.25, 0.3) is 0 Å². The summed E-state index contributed by atoms with van der Waals surface area (Å²) in [5.74, 6) is -0.761. The number of nitrogens with one attached hydrogen (secondary N) is 1. The molecule has 1 atom stereocenters. The van der Waals surface area contributed by atoms with Gasteiger partial charge in [-0.15, -0.1) is 11.3 Å². The topological polar surface area (TPSA) is 60.3 Å². The van der Waals surface area contributed by atoms with Gasteiger partial charge in [-0.25, -0.2) is 4.79 Å². The normalized spacial score (nSPS) is 11.8. The Bertz CT molecular complexity index is 962. The Morgan fingerprint density at radius 3 is 2.59 bits per heavy atom. The van der Waals surface area contributed by atoms with E-state index in [1.165, 1.54) is 4.88 Å². The van der Waals surface area contributed by atoms with E-state index < -0.39 is 12.1 Å². The van der Waals surface area contributed by atoms with Gasteiger partial charge < -0.3 is 14.6 Å². The van der Waals surface area contributed by atoms with Gasteiger partial charge in [0, 0.05) is 22.8 Å². The van der Waals surface area contributed by atoms with E-state index in [4.69, 9.17) is 4.74 Å². The van der Waals surface area contributed by atoms with E-state index in [0.29, 0.717) is 12.1 Å². The standard InChI is InChI=1S/C23H26N2O3S/c1-16-14-21(17(2)25(16)15-20-10-7-13-29-20)23(27)28-18(3)22(26)24-12-11-19-8-5-4-6-9-19/h4-10,13-14,18H,11-12,15H2,1-3H3,(H,24,26)/t18-/m1/s1. The number of thiophene rings is 1. The molecule has 0 aliphatic rings. The number of amides is 1. The second kappa shape index (κ2) is 9.56. The van der Waals surface area contributed by atoms with Crippen LogP contribution in [0, 0.1) is 13.8 Å². The smallest absolute Gasteiger partial charge is 0.340 e. The number of carbonyl (C=O) groups excluding carboxylic acids is 2. The monoisotopic (exact) mass is 410 g/mol. The zero-order chi connectivity index (χ0) is 20.8. The third-order valence-corrected chi connectivity index (χ3v) is 5.76. The van der Waals surface area contributed by atoms with Gasteiger partial charge in [0.05, 0.1) is 12.1 Å². The molecule has 0 unspecified atom stereocenters. The molecule has 2 heterocycles. The highest BCUT2D eigenvalue weighted by Crippen LogP contribution is 2.20. The fourth-order valence-corrected chi connectivity index (χ4v) is 3.90. The Morgan fingerprint density at radius 1 is 1.14 bits per heavy atom. The predicted molar refractivity (Wildman–Crippen MR) is 115 cm³/mol. The number of rotatable bonds is 8. The maximum atomic E-state index is 12.6. The van der Waals surface area contributed by atoms with Crippen molar-refractivity contribution in [3.63, 3.8) is 0 Å². The third kappa shape index (κ3) is 5.35. The first kappa shape index (κ1) is 20.9. The summed E-state index contributed by atoms with van der Waals surface area (Å²) in [5.41, 5.74) is 3.49. The summed E-state index contributed by atoms with van der Waals surface area (Å²) in [7, 11) is 0. The number of ether oxygens (including phenoxy) is 1. The van der Waals surface area contributed by atoms with Gasteiger partial charge >= 0.3 is 5.97 Å². The minimum atomic E-state index is -0.848. The minimum absolute atomic E-state index is 0.290. The van der Waals surface area contributed by atoms with Gasteiger partial charge in [0.1, 0.15) is 0 Å². The van der Waals surface area contributed by atoms with Gasteiger partial charge in [-0.3, -0.25) is 4.79 Å². The van der Waals surface area contributed by atoms with Crippen molar-refractivity contribution in [3.05, 3.63) is 81.3 Å². The van der Waals surface area contributed by atoms with E-state index >= 15 is 0 Å². The van der Waals surface area contributed by atoms with Gasteiger partial charge in [-0.1, -0.05) is 36.4 Å². The van der Waals surface area contributed by atoms with Gasteiger partial charge in [0.15, 0.2) is 6.10 Å².